The molecule has 0 fully saturated rings. The summed E-state index contributed by atoms with van der Waals surface area (Å²) >= 11 is 5.97. The first-order valence-corrected chi connectivity index (χ1v) is 8.48. The van der Waals surface area contributed by atoms with E-state index in [-0.39, 0.29) is 11.5 Å². The molecule has 1 amide bonds. The number of hydrogen-bond donors (Lipinski definition) is 1. The minimum absolute atomic E-state index is 0.0787. The Hall–Kier alpha value is -3.58. The van der Waals surface area contributed by atoms with Gasteiger partial charge in [-0.1, -0.05) is 23.7 Å². The molecule has 1 heterocycles. The minimum Gasteiger partial charge on any atom is -0.493 e. The number of carbonyl (C=O) groups excluding carboxylic acids is 2. The fourth-order valence-electron chi connectivity index (χ4n) is 2.26. The quantitative estimate of drug-likeness (QED) is 0.294. The molecule has 142 valence electrons. The Kier molecular flexibility index (Phi) is 6.08. The zero-order valence-electron chi connectivity index (χ0n) is 14.7. The summed E-state index contributed by atoms with van der Waals surface area (Å²) < 4.78 is 15.5. The number of furan rings is 1. The number of amides is 1. The molecule has 3 aromatic rings. The first-order chi connectivity index (χ1) is 13.6. The van der Waals surface area contributed by atoms with Crippen molar-refractivity contribution in [3.63, 3.8) is 0 Å². The van der Waals surface area contributed by atoms with Crippen LogP contribution >= 0.6 is 11.6 Å². The average molecular weight is 399 g/mol. The van der Waals surface area contributed by atoms with Crippen LogP contribution in [-0.2, 0) is 0 Å². The number of hydrazone groups is 1. The lowest BCUT2D eigenvalue weighted by Gasteiger charge is -2.09. The van der Waals surface area contributed by atoms with Gasteiger partial charge >= 0.3 is 5.97 Å². The molecule has 1 N–H and O–H groups in total. The van der Waals surface area contributed by atoms with Crippen LogP contribution < -0.4 is 14.9 Å². The Morgan fingerprint density at radius 3 is 2.64 bits per heavy atom. The van der Waals surface area contributed by atoms with Gasteiger partial charge in [-0.2, -0.15) is 5.10 Å². The molecule has 0 unspecified atom stereocenters. The van der Waals surface area contributed by atoms with Gasteiger partial charge in [0.15, 0.2) is 11.5 Å². The monoisotopic (exact) mass is 398 g/mol. The molecule has 0 radical (unpaired) electrons. The van der Waals surface area contributed by atoms with Crippen LogP contribution in [0.15, 0.2) is 70.4 Å². The van der Waals surface area contributed by atoms with Gasteiger partial charge in [0, 0.05) is 0 Å². The van der Waals surface area contributed by atoms with Gasteiger partial charge in [-0.05, 0) is 48.0 Å². The maximum atomic E-state index is 12.1. The molecule has 0 bridgehead atoms. The number of ether oxygens (including phenoxy) is 2. The van der Waals surface area contributed by atoms with Crippen molar-refractivity contribution in [3.8, 4) is 11.5 Å². The summed E-state index contributed by atoms with van der Waals surface area (Å²) in [5.74, 6) is -0.452. The van der Waals surface area contributed by atoms with Crippen molar-refractivity contribution < 1.29 is 23.5 Å². The molecule has 28 heavy (non-hydrogen) atoms. The van der Waals surface area contributed by atoms with E-state index in [2.05, 4.69) is 10.5 Å². The SMILES string of the molecule is COc1cc(/C=N\NC(=O)c2ccccc2Cl)ccc1OC(=O)c1ccco1. The van der Waals surface area contributed by atoms with Crippen LogP contribution in [0.25, 0.3) is 0 Å². The lowest BCUT2D eigenvalue weighted by Crippen LogP contribution is -2.17. The van der Waals surface area contributed by atoms with Crippen molar-refractivity contribution in [2.75, 3.05) is 7.11 Å². The van der Waals surface area contributed by atoms with E-state index in [1.165, 1.54) is 25.7 Å². The van der Waals surface area contributed by atoms with Crippen molar-refractivity contribution in [3.05, 3.63) is 82.8 Å². The van der Waals surface area contributed by atoms with Crippen LogP contribution in [0, 0.1) is 0 Å². The van der Waals surface area contributed by atoms with E-state index in [9.17, 15) is 9.59 Å². The van der Waals surface area contributed by atoms with E-state index in [1.54, 1.807) is 48.5 Å². The van der Waals surface area contributed by atoms with Gasteiger partial charge in [0.2, 0.25) is 5.76 Å². The number of methoxy groups -OCH3 is 1. The molecule has 0 aliphatic heterocycles. The molecule has 0 saturated carbocycles. The molecule has 0 atom stereocenters. The van der Waals surface area contributed by atoms with Crippen molar-refractivity contribution in [2.24, 2.45) is 5.10 Å². The van der Waals surface area contributed by atoms with E-state index in [1.807, 2.05) is 0 Å². The summed E-state index contributed by atoms with van der Waals surface area (Å²) in [4.78, 5) is 24.0. The standard InChI is InChI=1S/C20H15ClN2O5/c1-26-18-11-13(8-9-16(18)28-20(25)17-7-4-10-27-17)12-22-23-19(24)14-5-2-3-6-15(14)21/h2-12H,1H3,(H,23,24)/b22-12-. The van der Waals surface area contributed by atoms with Gasteiger partial charge in [-0.3, -0.25) is 4.79 Å². The highest BCUT2D eigenvalue weighted by Gasteiger charge is 2.15. The highest BCUT2D eigenvalue weighted by atomic mass is 35.5. The van der Waals surface area contributed by atoms with Crippen LogP contribution in [-0.4, -0.2) is 25.2 Å². The average Bonchev–Trinajstić information content (AvgIpc) is 3.24. The molecule has 8 heteroatoms. The first-order valence-electron chi connectivity index (χ1n) is 8.10. The third kappa shape index (κ3) is 4.57. The van der Waals surface area contributed by atoms with Crippen molar-refractivity contribution in [1.82, 2.24) is 5.43 Å². The predicted molar refractivity (Wildman–Crippen MR) is 103 cm³/mol. The highest BCUT2D eigenvalue weighted by Crippen LogP contribution is 2.28. The summed E-state index contributed by atoms with van der Waals surface area (Å²) in [6, 6.07) is 14.5. The lowest BCUT2D eigenvalue weighted by atomic mass is 10.2. The fourth-order valence-corrected chi connectivity index (χ4v) is 2.49. The number of nitrogens with zero attached hydrogens (tertiary/aromatic N) is 1. The lowest BCUT2D eigenvalue weighted by molar-refractivity contribution is 0.0696. The Bertz CT molecular complexity index is 1020. The van der Waals surface area contributed by atoms with Crippen molar-refractivity contribution >= 4 is 29.7 Å². The molecular formula is C20H15ClN2O5. The smallest absolute Gasteiger partial charge is 0.379 e. The van der Waals surface area contributed by atoms with Gasteiger partial charge in [0.1, 0.15) is 0 Å². The molecule has 0 spiro atoms. The number of rotatable bonds is 6. The summed E-state index contributed by atoms with van der Waals surface area (Å²) in [5, 5.41) is 4.24. The van der Waals surface area contributed by atoms with Crippen LogP contribution in [0.2, 0.25) is 5.02 Å². The zero-order chi connectivity index (χ0) is 19.9. The molecule has 2 aromatic carbocycles. The zero-order valence-corrected chi connectivity index (χ0v) is 15.5. The molecule has 1 aromatic heterocycles. The molecule has 7 nitrogen and oxygen atoms in total. The number of nitrogens with one attached hydrogen (secondary N) is 1. The van der Waals surface area contributed by atoms with E-state index in [0.717, 1.165) is 0 Å². The number of esters is 1. The Morgan fingerprint density at radius 1 is 1.11 bits per heavy atom. The van der Waals surface area contributed by atoms with Gasteiger partial charge in [0.25, 0.3) is 5.91 Å². The van der Waals surface area contributed by atoms with Gasteiger partial charge in [-0.15, -0.1) is 0 Å². The normalized spacial score (nSPS) is 10.6. The van der Waals surface area contributed by atoms with Gasteiger partial charge < -0.3 is 13.9 Å². The number of carbonyl (C=O) groups is 2. The molecule has 0 aliphatic carbocycles. The number of hydrogen-bond acceptors (Lipinski definition) is 6. The van der Waals surface area contributed by atoms with Crippen LogP contribution in [0.3, 0.4) is 0 Å². The Balaban J connectivity index is 1.68. The Morgan fingerprint density at radius 2 is 1.93 bits per heavy atom. The summed E-state index contributed by atoms with van der Waals surface area (Å²) in [6.07, 6.45) is 2.81. The Labute approximate surface area is 165 Å². The molecule has 0 aliphatic rings. The van der Waals surface area contributed by atoms with Gasteiger partial charge in [-0.25, -0.2) is 10.2 Å². The minimum atomic E-state index is -0.642. The van der Waals surface area contributed by atoms with E-state index < -0.39 is 11.9 Å². The maximum Gasteiger partial charge on any atom is 0.379 e. The highest BCUT2D eigenvalue weighted by molar-refractivity contribution is 6.33. The molecule has 3 rings (SSSR count). The second-order valence-corrected chi connectivity index (χ2v) is 5.86. The fraction of sp³-hybridized carbons (Fsp3) is 0.0500. The van der Waals surface area contributed by atoms with Crippen molar-refractivity contribution in [1.29, 1.82) is 0 Å². The first kappa shape index (κ1) is 19.2. The number of halogens is 1. The summed E-state index contributed by atoms with van der Waals surface area (Å²) in [5.41, 5.74) is 3.34. The largest absolute Gasteiger partial charge is 0.493 e. The van der Waals surface area contributed by atoms with Crippen LogP contribution in [0.4, 0.5) is 0 Å². The third-order valence-corrected chi connectivity index (χ3v) is 3.94. The van der Waals surface area contributed by atoms with E-state index >= 15 is 0 Å². The second kappa shape index (κ2) is 8.88. The number of benzene rings is 2. The molecule has 0 saturated heterocycles. The van der Waals surface area contributed by atoms with Crippen LogP contribution in [0.5, 0.6) is 11.5 Å². The maximum absolute atomic E-state index is 12.1. The summed E-state index contributed by atoms with van der Waals surface area (Å²) in [7, 11) is 1.44. The van der Waals surface area contributed by atoms with E-state index in [4.69, 9.17) is 25.5 Å². The topological polar surface area (TPSA) is 90.1 Å². The van der Waals surface area contributed by atoms with E-state index in [0.29, 0.717) is 21.9 Å². The van der Waals surface area contributed by atoms with Gasteiger partial charge in [0.05, 0.1) is 30.2 Å². The predicted octanol–water partition coefficient (Wildman–Crippen LogP) is 3.92. The van der Waals surface area contributed by atoms with Crippen molar-refractivity contribution in [2.45, 2.75) is 0 Å². The van der Waals surface area contributed by atoms with Crippen LogP contribution in [0.1, 0.15) is 26.5 Å². The molecular weight excluding hydrogens is 384 g/mol. The summed E-state index contributed by atoms with van der Waals surface area (Å²) in [6.45, 7) is 0. The third-order valence-electron chi connectivity index (χ3n) is 3.61. The second-order valence-electron chi connectivity index (χ2n) is 5.46.